The number of benzene rings is 2. The maximum Gasteiger partial charge on any atom is 0.387 e. The molecule has 0 aliphatic rings. The van der Waals surface area contributed by atoms with Crippen molar-refractivity contribution in [2.45, 2.75) is 32.8 Å². The summed E-state index contributed by atoms with van der Waals surface area (Å²) in [4.78, 5) is 0.0685. The van der Waals surface area contributed by atoms with Gasteiger partial charge in [-0.2, -0.15) is 13.3 Å². The Kier molecular flexibility index (Phi) is 7.38. The Hall–Kier alpha value is -3.39. The second-order valence-electron chi connectivity index (χ2n) is 8.28. The second-order valence-corrected chi connectivity index (χ2v) is 8.69. The number of halogens is 3. The lowest BCUT2D eigenvalue weighted by Gasteiger charge is -2.18. The Bertz CT molecular complexity index is 1160. The molecule has 3 aromatic rings. The molecule has 8 heteroatoms. The maximum absolute atomic E-state index is 14.2. The Morgan fingerprint density at radius 3 is 2.15 bits per heavy atom. The SMILES string of the molecule is CC(C)(C)c1cc[n+](C(C(=S)Nc2ccccc2F)=C(O)c2ccc(OC(F)F)cc2)cc1. The van der Waals surface area contributed by atoms with Crippen LogP contribution in [0.1, 0.15) is 31.9 Å². The second kappa shape index (κ2) is 10.0. The number of hydrogen-bond acceptors (Lipinski definition) is 3. The highest BCUT2D eigenvalue weighted by atomic mass is 32.1. The number of hydrogen-bond donors (Lipinski definition) is 2. The minimum absolute atomic E-state index is 0.0441. The van der Waals surface area contributed by atoms with Crippen molar-refractivity contribution in [1.29, 1.82) is 0 Å². The smallest absolute Gasteiger partial charge is 0.387 e. The Labute approximate surface area is 196 Å². The molecule has 2 aromatic carbocycles. The molecular weight excluding hydrogens is 449 g/mol. The van der Waals surface area contributed by atoms with Gasteiger partial charge in [-0.15, -0.1) is 0 Å². The average Bonchev–Trinajstić information content (AvgIpc) is 2.75. The summed E-state index contributed by atoms with van der Waals surface area (Å²) in [6.45, 7) is 3.28. The van der Waals surface area contributed by atoms with E-state index >= 15 is 0 Å². The first-order valence-electron chi connectivity index (χ1n) is 10.1. The van der Waals surface area contributed by atoms with Crippen LogP contribution in [0.25, 0.3) is 11.5 Å². The van der Waals surface area contributed by atoms with Gasteiger partial charge in [0.15, 0.2) is 23.1 Å². The monoisotopic (exact) mass is 473 g/mol. The quantitative estimate of drug-likeness (QED) is 0.190. The van der Waals surface area contributed by atoms with Crippen LogP contribution in [0.4, 0.5) is 18.9 Å². The number of ether oxygens (including phenoxy) is 1. The van der Waals surface area contributed by atoms with E-state index in [9.17, 15) is 18.3 Å². The van der Waals surface area contributed by atoms with Crippen LogP contribution in [0.15, 0.2) is 73.1 Å². The third-order valence-electron chi connectivity index (χ3n) is 4.87. The van der Waals surface area contributed by atoms with Gasteiger partial charge in [0.05, 0.1) is 5.69 Å². The zero-order chi connectivity index (χ0) is 24.2. The Balaban J connectivity index is 2.05. The summed E-state index contributed by atoms with van der Waals surface area (Å²) in [5.74, 6) is -0.765. The predicted octanol–water partition coefficient (Wildman–Crippen LogP) is 6.34. The molecule has 0 spiro atoms. The molecule has 3 rings (SSSR count). The zero-order valence-corrected chi connectivity index (χ0v) is 19.2. The minimum Gasteiger partial charge on any atom is -0.502 e. The van der Waals surface area contributed by atoms with E-state index in [4.69, 9.17) is 12.2 Å². The lowest BCUT2D eigenvalue weighted by Crippen LogP contribution is -2.39. The minimum atomic E-state index is -2.95. The van der Waals surface area contributed by atoms with Gasteiger partial charge >= 0.3 is 6.61 Å². The van der Waals surface area contributed by atoms with E-state index in [1.165, 1.54) is 36.4 Å². The van der Waals surface area contributed by atoms with Gasteiger partial charge in [0.25, 0.3) is 5.70 Å². The highest BCUT2D eigenvalue weighted by Gasteiger charge is 2.26. The summed E-state index contributed by atoms with van der Waals surface area (Å²) < 4.78 is 45.1. The van der Waals surface area contributed by atoms with Gasteiger partial charge in [-0.05, 0) is 47.4 Å². The number of aliphatic hydroxyl groups excluding tert-OH is 1. The number of aromatic nitrogens is 1. The van der Waals surface area contributed by atoms with Crippen molar-refractivity contribution >= 4 is 34.3 Å². The van der Waals surface area contributed by atoms with Crippen molar-refractivity contribution in [3.05, 3.63) is 90.0 Å². The van der Waals surface area contributed by atoms with Gasteiger partial charge in [0, 0.05) is 17.7 Å². The van der Waals surface area contributed by atoms with Crippen molar-refractivity contribution < 1.29 is 27.6 Å². The van der Waals surface area contributed by atoms with E-state index in [0.717, 1.165) is 5.56 Å². The first-order chi connectivity index (χ1) is 15.6. The molecule has 0 atom stereocenters. The number of pyridine rings is 1. The van der Waals surface area contributed by atoms with Crippen LogP contribution >= 0.6 is 12.2 Å². The van der Waals surface area contributed by atoms with Crippen LogP contribution < -0.4 is 14.6 Å². The van der Waals surface area contributed by atoms with Crippen LogP contribution in [0.5, 0.6) is 5.75 Å². The average molecular weight is 474 g/mol. The van der Waals surface area contributed by atoms with E-state index in [0.29, 0.717) is 5.56 Å². The molecule has 1 aromatic heterocycles. The van der Waals surface area contributed by atoms with Gasteiger partial charge in [-0.3, -0.25) is 0 Å². The molecule has 2 N–H and O–H groups in total. The van der Waals surface area contributed by atoms with E-state index in [1.54, 1.807) is 29.1 Å². The van der Waals surface area contributed by atoms with Crippen LogP contribution in [-0.2, 0) is 5.41 Å². The number of nitrogens with zero attached hydrogens (tertiary/aromatic N) is 1. The highest BCUT2D eigenvalue weighted by molar-refractivity contribution is 7.81. The molecule has 0 fully saturated rings. The van der Waals surface area contributed by atoms with Crippen LogP contribution in [-0.4, -0.2) is 16.7 Å². The summed E-state index contributed by atoms with van der Waals surface area (Å²) in [5, 5.41) is 13.9. The van der Waals surface area contributed by atoms with Gasteiger partial charge in [-0.25, -0.2) is 4.39 Å². The van der Waals surface area contributed by atoms with E-state index in [-0.39, 0.29) is 33.3 Å². The lowest BCUT2D eigenvalue weighted by atomic mass is 9.88. The van der Waals surface area contributed by atoms with Gasteiger partial charge in [0.1, 0.15) is 11.6 Å². The first kappa shape index (κ1) is 24.3. The molecule has 0 unspecified atom stereocenters. The van der Waals surface area contributed by atoms with Crippen LogP contribution in [0.3, 0.4) is 0 Å². The lowest BCUT2D eigenvalue weighted by molar-refractivity contribution is -0.575. The Morgan fingerprint density at radius 2 is 1.61 bits per heavy atom. The van der Waals surface area contributed by atoms with Gasteiger partial charge in [-0.1, -0.05) is 45.1 Å². The van der Waals surface area contributed by atoms with Crippen molar-refractivity contribution in [2.24, 2.45) is 0 Å². The van der Waals surface area contributed by atoms with Crippen LogP contribution in [0, 0.1) is 5.82 Å². The standard InChI is InChI=1S/C25H23F3N2O2S/c1-25(2,3)17-12-14-30(15-13-17)21(23(33)29-20-7-5-4-6-19(20)26)22(31)16-8-10-18(11-9-16)32-24(27)28/h4-15,24H,1-3H3,(H-,29,31,33)/p+1. The molecule has 0 saturated heterocycles. The number of rotatable bonds is 6. The molecule has 0 radical (unpaired) electrons. The molecule has 0 aliphatic heterocycles. The van der Waals surface area contributed by atoms with Gasteiger partial charge in [0.2, 0.25) is 0 Å². The normalized spacial score (nSPS) is 12.3. The summed E-state index contributed by atoms with van der Waals surface area (Å²) in [6, 6.07) is 15.3. The number of para-hydroxylation sites is 1. The number of thiocarbonyl (C=S) groups is 1. The highest BCUT2D eigenvalue weighted by Crippen LogP contribution is 2.24. The van der Waals surface area contributed by atoms with Crippen molar-refractivity contribution in [2.75, 3.05) is 5.32 Å². The number of aliphatic hydroxyl groups is 1. The fourth-order valence-corrected chi connectivity index (χ4v) is 3.41. The summed E-state index contributed by atoms with van der Waals surface area (Å²) >= 11 is 5.52. The Morgan fingerprint density at radius 1 is 1.00 bits per heavy atom. The molecule has 0 bridgehead atoms. The largest absolute Gasteiger partial charge is 0.502 e. The number of anilines is 1. The molecule has 172 valence electrons. The zero-order valence-electron chi connectivity index (χ0n) is 18.4. The van der Waals surface area contributed by atoms with Crippen LogP contribution in [0.2, 0.25) is 0 Å². The fourth-order valence-electron chi connectivity index (χ4n) is 3.10. The number of alkyl halides is 2. The van der Waals surface area contributed by atoms with E-state index in [1.807, 2.05) is 12.1 Å². The molecule has 33 heavy (non-hydrogen) atoms. The van der Waals surface area contributed by atoms with E-state index in [2.05, 4.69) is 30.8 Å². The third kappa shape index (κ3) is 6.10. The molecule has 4 nitrogen and oxygen atoms in total. The van der Waals surface area contributed by atoms with Crippen molar-refractivity contribution in [1.82, 2.24) is 0 Å². The maximum atomic E-state index is 14.2. The summed E-state index contributed by atoms with van der Waals surface area (Å²) in [6.07, 6.45) is 3.49. The first-order valence-corrected chi connectivity index (χ1v) is 10.5. The van der Waals surface area contributed by atoms with Crippen molar-refractivity contribution in [3.8, 4) is 5.75 Å². The summed E-state index contributed by atoms with van der Waals surface area (Å²) in [5.41, 5.74) is 1.64. The third-order valence-corrected chi connectivity index (χ3v) is 5.16. The fraction of sp³-hybridized carbons (Fsp3) is 0.200. The van der Waals surface area contributed by atoms with E-state index < -0.39 is 12.4 Å². The molecule has 0 saturated carbocycles. The summed E-state index contributed by atoms with van der Waals surface area (Å²) in [7, 11) is 0. The molecule has 0 aliphatic carbocycles. The molecule has 0 amide bonds. The van der Waals surface area contributed by atoms with Crippen molar-refractivity contribution in [3.63, 3.8) is 0 Å². The predicted molar refractivity (Wildman–Crippen MR) is 127 cm³/mol. The topological polar surface area (TPSA) is 45.4 Å². The van der Waals surface area contributed by atoms with Gasteiger partial charge < -0.3 is 15.2 Å². The number of nitrogens with one attached hydrogen (secondary N) is 1. The molecular formula is C25H24F3N2O2S+. The molecule has 1 heterocycles.